The third-order valence-electron chi connectivity index (χ3n) is 4.82. The van der Waals surface area contributed by atoms with Crippen molar-refractivity contribution < 1.29 is 28.7 Å². The van der Waals surface area contributed by atoms with Gasteiger partial charge in [0, 0.05) is 26.9 Å². The van der Waals surface area contributed by atoms with Gasteiger partial charge in [-0.3, -0.25) is 29.0 Å². The molecule has 1 aliphatic heterocycles. The molecule has 0 atom stereocenters. The van der Waals surface area contributed by atoms with E-state index < -0.39 is 11.9 Å². The van der Waals surface area contributed by atoms with Crippen LogP contribution in [-0.4, -0.2) is 61.5 Å². The Morgan fingerprint density at radius 3 is 2.06 bits per heavy atom. The minimum Gasteiger partial charge on any atom is -0.465 e. The summed E-state index contributed by atoms with van der Waals surface area (Å²) in [6, 6.07) is 13.9. The molecule has 0 fully saturated rings. The summed E-state index contributed by atoms with van der Waals surface area (Å²) in [6.45, 7) is 3.32. The van der Waals surface area contributed by atoms with Crippen molar-refractivity contribution in [2.75, 3.05) is 43.1 Å². The molecule has 1 heterocycles. The van der Waals surface area contributed by atoms with E-state index in [4.69, 9.17) is 9.47 Å². The molecule has 0 aliphatic carbocycles. The van der Waals surface area contributed by atoms with Crippen LogP contribution in [0.15, 0.2) is 48.5 Å². The van der Waals surface area contributed by atoms with E-state index in [-0.39, 0.29) is 44.7 Å². The number of nitrogens with zero attached hydrogens (tertiary/aromatic N) is 2. The molecule has 32 heavy (non-hydrogen) atoms. The average molecular weight is 439 g/mol. The molecule has 168 valence electrons. The van der Waals surface area contributed by atoms with Crippen LogP contribution < -0.4 is 10.2 Å². The Kier molecular flexibility index (Phi) is 7.56. The summed E-state index contributed by atoms with van der Waals surface area (Å²) in [6.07, 6.45) is 0. The van der Waals surface area contributed by atoms with Gasteiger partial charge in [-0.15, -0.1) is 0 Å². The first-order chi connectivity index (χ1) is 15.4. The predicted molar refractivity (Wildman–Crippen MR) is 118 cm³/mol. The Hall–Kier alpha value is -3.72. The SMILES string of the molecule is CC(=O)OCCN(CCOC(C)=O)CC(=O)N1c2ccccc2NC(=O)c2ccccc21. The van der Waals surface area contributed by atoms with Crippen LogP contribution in [-0.2, 0) is 23.9 Å². The quantitative estimate of drug-likeness (QED) is 0.630. The molecule has 1 aliphatic rings. The highest BCUT2D eigenvalue weighted by molar-refractivity contribution is 6.17. The fourth-order valence-electron chi connectivity index (χ4n) is 3.39. The van der Waals surface area contributed by atoms with Crippen molar-refractivity contribution in [2.45, 2.75) is 13.8 Å². The van der Waals surface area contributed by atoms with E-state index in [9.17, 15) is 19.2 Å². The second-order valence-corrected chi connectivity index (χ2v) is 7.17. The summed E-state index contributed by atoms with van der Waals surface area (Å²) in [5, 5.41) is 2.85. The third-order valence-corrected chi connectivity index (χ3v) is 4.82. The van der Waals surface area contributed by atoms with Crippen LogP contribution in [0.2, 0.25) is 0 Å². The first-order valence-electron chi connectivity index (χ1n) is 10.2. The minimum atomic E-state index is -0.420. The molecule has 1 N–H and O–H groups in total. The summed E-state index contributed by atoms with van der Waals surface area (Å²) in [4.78, 5) is 51.7. The predicted octanol–water partition coefficient (Wildman–Crippen LogP) is 2.35. The largest absolute Gasteiger partial charge is 0.465 e. The number of carbonyl (C=O) groups is 4. The Morgan fingerprint density at radius 1 is 0.875 bits per heavy atom. The second kappa shape index (κ2) is 10.5. The van der Waals surface area contributed by atoms with Gasteiger partial charge in [-0.05, 0) is 24.3 Å². The normalized spacial score (nSPS) is 12.3. The maximum Gasteiger partial charge on any atom is 0.302 e. The zero-order valence-electron chi connectivity index (χ0n) is 18.0. The Bertz CT molecular complexity index is 1000. The monoisotopic (exact) mass is 439 g/mol. The first kappa shape index (κ1) is 23.0. The summed E-state index contributed by atoms with van der Waals surface area (Å²) in [7, 11) is 0. The lowest BCUT2D eigenvalue weighted by atomic mass is 10.1. The number of carbonyl (C=O) groups excluding carboxylic acids is 4. The van der Waals surface area contributed by atoms with Gasteiger partial charge < -0.3 is 14.8 Å². The topological polar surface area (TPSA) is 105 Å². The number of esters is 2. The zero-order valence-corrected chi connectivity index (χ0v) is 18.0. The maximum absolute atomic E-state index is 13.5. The average Bonchev–Trinajstić information content (AvgIpc) is 2.87. The highest BCUT2D eigenvalue weighted by Gasteiger charge is 2.29. The van der Waals surface area contributed by atoms with Crippen LogP contribution >= 0.6 is 0 Å². The van der Waals surface area contributed by atoms with E-state index in [1.165, 1.54) is 18.7 Å². The van der Waals surface area contributed by atoms with Crippen LogP contribution in [0.4, 0.5) is 17.1 Å². The third kappa shape index (κ3) is 5.70. The van der Waals surface area contributed by atoms with Crippen molar-refractivity contribution >= 4 is 40.8 Å². The highest BCUT2D eigenvalue weighted by Crippen LogP contribution is 2.37. The molecular formula is C23H25N3O6. The number of fused-ring (bicyclic) bond motifs is 2. The number of benzene rings is 2. The molecule has 0 radical (unpaired) electrons. The molecule has 0 unspecified atom stereocenters. The Morgan fingerprint density at radius 2 is 1.44 bits per heavy atom. The van der Waals surface area contributed by atoms with Gasteiger partial charge in [0.2, 0.25) is 5.91 Å². The number of rotatable bonds is 8. The number of anilines is 3. The first-order valence-corrected chi connectivity index (χ1v) is 10.2. The van der Waals surface area contributed by atoms with Gasteiger partial charge in [0.15, 0.2) is 0 Å². The molecule has 2 amide bonds. The molecule has 3 rings (SSSR count). The minimum absolute atomic E-state index is 0.0423. The van der Waals surface area contributed by atoms with E-state index in [2.05, 4.69) is 5.32 Å². The molecule has 9 nitrogen and oxygen atoms in total. The van der Waals surface area contributed by atoms with Crippen LogP contribution in [0.1, 0.15) is 24.2 Å². The lowest BCUT2D eigenvalue weighted by molar-refractivity contribution is -0.141. The summed E-state index contributed by atoms with van der Waals surface area (Å²) in [5.41, 5.74) is 1.92. The molecule has 9 heteroatoms. The Labute approximate surface area is 185 Å². The summed E-state index contributed by atoms with van der Waals surface area (Å²) in [5.74, 6) is -1.43. The Balaban J connectivity index is 1.87. The molecule has 2 aromatic carbocycles. The molecule has 2 aromatic rings. The number of amides is 2. The van der Waals surface area contributed by atoms with Crippen molar-refractivity contribution in [2.24, 2.45) is 0 Å². The van der Waals surface area contributed by atoms with Crippen molar-refractivity contribution in [3.05, 3.63) is 54.1 Å². The van der Waals surface area contributed by atoms with E-state index in [1.54, 1.807) is 53.4 Å². The van der Waals surface area contributed by atoms with Crippen molar-refractivity contribution in [3.63, 3.8) is 0 Å². The number of nitrogens with one attached hydrogen (secondary N) is 1. The van der Waals surface area contributed by atoms with Gasteiger partial charge >= 0.3 is 11.9 Å². The summed E-state index contributed by atoms with van der Waals surface area (Å²) < 4.78 is 10.0. The van der Waals surface area contributed by atoms with E-state index in [0.717, 1.165) is 0 Å². The van der Waals surface area contributed by atoms with Gasteiger partial charge in [-0.1, -0.05) is 24.3 Å². The van der Waals surface area contributed by atoms with Gasteiger partial charge in [-0.25, -0.2) is 0 Å². The van der Waals surface area contributed by atoms with Crippen LogP contribution in [0.5, 0.6) is 0 Å². The second-order valence-electron chi connectivity index (χ2n) is 7.17. The lowest BCUT2D eigenvalue weighted by Crippen LogP contribution is -2.41. The molecule has 0 aromatic heterocycles. The van der Waals surface area contributed by atoms with Crippen molar-refractivity contribution in [1.82, 2.24) is 4.90 Å². The van der Waals surface area contributed by atoms with E-state index in [0.29, 0.717) is 22.6 Å². The smallest absolute Gasteiger partial charge is 0.302 e. The van der Waals surface area contributed by atoms with E-state index >= 15 is 0 Å². The van der Waals surface area contributed by atoms with Crippen LogP contribution in [0.25, 0.3) is 0 Å². The van der Waals surface area contributed by atoms with Gasteiger partial charge in [0.1, 0.15) is 13.2 Å². The number of hydrogen-bond donors (Lipinski definition) is 1. The molecular weight excluding hydrogens is 414 g/mol. The number of hydrogen-bond acceptors (Lipinski definition) is 7. The summed E-state index contributed by atoms with van der Waals surface area (Å²) >= 11 is 0. The van der Waals surface area contributed by atoms with Gasteiger partial charge in [0.25, 0.3) is 5.91 Å². The highest BCUT2D eigenvalue weighted by atomic mass is 16.5. The maximum atomic E-state index is 13.5. The van der Waals surface area contributed by atoms with Crippen molar-refractivity contribution in [3.8, 4) is 0 Å². The number of ether oxygens (including phenoxy) is 2. The standard InChI is InChI=1S/C23H25N3O6/c1-16(27)31-13-11-25(12-14-32-17(2)28)15-22(29)26-20-9-5-3-7-18(20)23(30)24-19-8-4-6-10-21(19)26/h3-10H,11-15H2,1-2H3,(H,24,30). The van der Waals surface area contributed by atoms with Gasteiger partial charge in [0.05, 0.1) is 29.2 Å². The molecule has 0 spiro atoms. The molecule has 0 bridgehead atoms. The van der Waals surface area contributed by atoms with Crippen molar-refractivity contribution in [1.29, 1.82) is 0 Å². The fourth-order valence-corrected chi connectivity index (χ4v) is 3.39. The van der Waals surface area contributed by atoms with Crippen LogP contribution in [0, 0.1) is 0 Å². The van der Waals surface area contributed by atoms with Crippen LogP contribution in [0.3, 0.4) is 0 Å². The molecule has 0 saturated heterocycles. The molecule has 0 saturated carbocycles. The zero-order chi connectivity index (χ0) is 23.1. The fraction of sp³-hybridized carbons (Fsp3) is 0.304. The van der Waals surface area contributed by atoms with Gasteiger partial charge in [-0.2, -0.15) is 0 Å². The van der Waals surface area contributed by atoms with E-state index in [1.807, 2.05) is 0 Å². The lowest BCUT2D eigenvalue weighted by Gasteiger charge is -2.28. The number of para-hydroxylation sites is 3.